The summed E-state index contributed by atoms with van der Waals surface area (Å²) in [6.45, 7) is 0. The highest BCUT2D eigenvalue weighted by Gasteiger charge is 2.14. The van der Waals surface area contributed by atoms with E-state index in [4.69, 9.17) is 4.74 Å². The number of nitrogens with one attached hydrogen (secondary N) is 1. The third kappa shape index (κ3) is 5.77. The van der Waals surface area contributed by atoms with Gasteiger partial charge in [0.15, 0.2) is 0 Å². The van der Waals surface area contributed by atoms with E-state index in [9.17, 15) is 18.8 Å². The van der Waals surface area contributed by atoms with Crippen molar-refractivity contribution in [1.29, 1.82) is 5.26 Å². The summed E-state index contributed by atoms with van der Waals surface area (Å²) in [5.41, 5.74) is 2.39. The summed E-state index contributed by atoms with van der Waals surface area (Å²) >= 11 is 3.50. The van der Waals surface area contributed by atoms with Crippen molar-refractivity contribution in [3.8, 4) is 11.8 Å². The standard InChI is InChI=1S/C24H17BrF2N2O2/c1-31-23-13-16(12-22(25)21(23)11-15-3-2-4-19(27)10-15)9-17(14-28)24(30)29-20-7-5-18(26)6-8-20/h2-10,12-13H,11H2,1H3,(H,29,30)/b17-9+. The quantitative estimate of drug-likeness (QED) is 0.352. The molecule has 0 spiro atoms. The Kier molecular flexibility index (Phi) is 7.16. The van der Waals surface area contributed by atoms with Crippen molar-refractivity contribution in [3.05, 3.63) is 99.0 Å². The Bertz CT molecular complexity index is 1190. The highest BCUT2D eigenvalue weighted by atomic mass is 79.9. The van der Waals surface area contributed by atoms with E-state index in [1.54, 1.807) is 18.2 Å². The number of halogens is 3. The van der Waals surface area contributed by atoms with Crippen molar-refractivity contribution in [1.82, 2.24) is 0 Å². The minimum absolute atomic E-state index is 0.129. The number of carbonyl (C=O) groups is 1. The number of ether oxygens (including phenoxy) is 1. The molecule has 1 amide bonds. The zero-order valence-corrected chi connectivity index (χ0v) is 18.0. The van der Waals surface area contributed by atoms with Gasteiger partial charge in [-0.05, 0) is 65.7 Å². The molecule has 3 aromatic rings. The van der Waals surface area contributed by atoms with Gasteiger partial charge in [-0.3, -0.25) is 4.79 Å². The number of methoxy groups -OCH3 is 1. The summed E-state index contributed by atoms with van der Waals surface area (Å²) in [4.78, 5) is 12.4. The Hall–Kier alpha value is -3.50. The van der Waals surface area contributed by atoms with Crippen molar-refractivity contribution in [2.75, 3.05) is 12.4 Å². The van der Waals surface area contributed by atoms with Gasteiger partial charge in [-0.25, -0.2) is 8.78 Å². The molecule has 156 valence electrons. The second-order valence-electron chi connectivity index (χ2n) is 6.62. The molecule has 0 aliphatic carbocycles. The molecule has 0 fully saturated rings. The normalized spacial score (nSPS) is 11.0. The molecule has 1 N–H and O–H groups in total. The van der Waals surface area contributed by atoms with Gasteiger partial charge >= 0.3 is 0 Å². The second kappa shape index (κ2) is 10.0. The van der Waals surface area contributed by atoms with Crippen molar-refractivity contribution in [2.24, 2.45) is 0 Å². The smallest absolute Gasteiger partial charge is 0.266 e. The van der Waals surface area contributed by atoms with Crippen LogP contribution in [0.15, 0.2) is 70.7 Å². The summed E-state index contributed by atoms with van der Waals surface area (Å²) in [7, 11) is 1.51. The van der Waals surface area contributed by atoms with Gasteiger partial charge in [-0.2, -0.15) is 5.26 Å². The maximum atomic E-state index is 13.5. The number of nitriles is 1. The number of carbonyl (C=O) groups excluding carboxylic acids is 1. The van der Waals surface area contributed by atoms with Crippen LogP contribution in [0.25, 0.3) is 6.08 Å². The first-order valence-electron chi connectivity index (χ1n) is 9.19. The number of anilines is 1. The Morgan fingerprint density at radius 2 is 1.87 bits per heavy atom. The molecule has 0 heterocycles. The predicted molar refractivity (Wildman–Crippen MR) is 119 cm³/mol. The third-order valence-electron chi connectivity index (χ3n) is 4.44. The first-order valence-corrected chi connectivity index (χ1v) is 9.98. The van der Waals surface area contributed by atoms with Gasteiger partial charge in [0.05, 0.1) is 7.11 Å². The fourth-order valence-corrected chi connectivity index (χ4v) is 3.57. The van der Waals surface area contributed by atoms with Crippen LogP contribution in [0.2, 0.25) is 0 Å². The summed E-state index contributed by atoms with van der Waals surface area (Å²) in [5, 5.41) is 12.0. The summed E-state index contributed by atoms with van der Waals surface area (Å²) in [6, 6.07) is 16.8. The van der Waals surface area contributed by atoms with Crippen LogP contribution < -0.4 is 10.1 Å². The fraction of sp³-hybridized carbons (Fsp3) is 0.0833. The van der Waals surface area contributed by atoms with Crippen molar-refractivity contribution in [2.45, 2.75) is 6.42 Å². The number of rotatable bonds is 6. The molecule has 4 nitrogen and oxygen atoms in total. The summed E-state index contributed by atoms with van der Waals surface area (Å²) in [5.74, 6) is -0.837. The maximum absolute atomic E-state index is 13.5. The lowest BCUT2D eigenvalue weighted by atomic mass is 10.0. The molecule has 0 aliphatic rings. The average Bonchev–Trinajstić information content (AvgIpc) is 2.75. The van der Waals surface area contributed by atoms with Gasteiger partial charge in [0.1, 0.15) is 29.0 Å². The van der Waals surface area contributed by atoms with Crippen LogP contribution in [0.4, 0.5) is 14.5 Å². The zero-order chi connectivity index (χ0) is 22.4. The first-order chi connectivity index (χ1) is 14.9. The van der Waals surface area contributed by atoms with Crippen LogP contribution in [0.5, 0.6) is 5.75 Å². The van der Waals surface area contributed by atoms with E-state index >= 15 is 0 Å². The molecule has 0 bridgehead atoms. The van der Waals surface area contributed by atoms with Gasteiger partial charge in [-0.1, -0.05) is 28.1 Å². The summed E-state index contributed by atoms with van der Waals surface area (Å²) < 4.78 is 32.7. The van der Waals surface area contributed by atoms with Crippen LogP contribution in [0.1, 0.15) is 16.7 Å². The predicted octanol–water partition coefficient (Wildman–Crippen LogP) is 5.87. The molecule has 0 saturated carbocycles. The highest BCUT2D eigenvalue weighted by molar-refractivity contribution is 9.10. The molecule has 0 saturated heterocycles. The number of nitrogens with zero attached hydrogens (tertiary/aromatic N) is 1. The lowest BCUT2D eigenvalue weighted by molar-refractivity contribution is -0.112. The Labute approximate surface area is 186 Å². The third-order valence-corrected chi connectivity index (χ3v) is 5.15. The highest BCUT2D eigenvalue weighted by Crippen LogP contribution is 2.32. The molecule has 7 heteroatoms. The van der Waals surface area contributed by atoms with E-state index in [0.717, 1.165) is 11.1 Å². The number of hydrogen-bond acceptors (Lipinski definition) is 3. The van der Waals surface area contributed by atoms with Crippen molar-refractivity contribution in [3.63, 3.8) is 0 Å². The molecule has 0 atom stereocenters. The fourth-order valence-electron chi connectivity index (χ4n) is 2.97. The Morgan fingerprint density at radius 1 is 1.13 bits per heavy atom. The van der Waals surface area contributed by atoms with Crippen molar-refractivity contribution >= 4 is 33.6 Å². The van der Waals surface area contributed by atoms with E-state index in [1.165, 1.54) is 49.6 Å². The van der Waals surface area contributed by atoms with Crippen molar-refractivity contribution < 1.29 is 18.3 Å². The van der Waals surface area contributed by atoms with E-state index in [1.807, 2.05) is 12.1 Å². The van der Waals surface area contributed by atoms with Crippen LogP contribution in [0, 0.1) is 23.0 Å². The molecule has 31 heavy (non-hydrogen) atoms. The number of benzene rings is 3. The van der Waals surface area contributed by atoms with E-state index in [2.05, 4.69) is 21.2 Å². The Balaban J connectivity index is 1.88. The van der Waals surface area contributed by atoms with Gasteiger partial charge in [0.25, 0.3) is 5.91 Å². The monoisotopic (exact) mass is 482 g/mol. The minimum Gasteiger partial charge on any atom is -0.496 e. The molecule has 3 aromatic carbocycles. The Morgan fingerprint density at radius 3 is 2.52 bits per heavy atom. The van der Waals surface area contributed by atoms with Crippen LogP contribution in [-0.2, 0) is 11.2 Å². The lowest BCUT2D eigenvalue weighted by Crippen LogP contribution is -2.13. The average molecular weight is 483 g/mol. The molecule has 0 aromatic heterocycles. The van der Waals surface area contributed by atoms with Gasteiger partial charge in [0, 0.05) is 22.1 Å². The summed E-state index contributed by atoms with van der Waals surface area (Å²) in [6.07, 6.45) is 1.86. The SMILES string of the molecule is COc1cc(/C=C(\C#N)C(=O)Nc2ccc(F)cc2)cc(Br)c1Cc1cccc(F)c1. The lowest BCUT2D eigenvalue weighted by Gasteiger charge is -2.13. The molecular weight excluding hydrogens is 466 g/mol. The number of amides is 1. The van der Waals surface area contributed by atoms with Crippen LogP contribution in [-0.4, -0.2) is 13.0 Å². The van der Waals surface area contributed by atoms with E-state index in [0.29, 0.717) is 27.9 Å². The van der Waals surface area contributed by atoms with Crippen LogP contribution in [0.3, 0.4) is 0 Å². The maximum Gasteiger partial charge on any atom is 0.266 e. The van der Waals surface area contributed by atoms with E-state index < -0.39 is 11.7 Å². The molecule has 3 rings (SSSR count). The molecule has 0 unspecified atom stereocenters. The molecule has 0 radical (unpaired) electrons. The first kappa shape index (κ1) is 22.2. The van der Waals surface area contributed by atoms with Gasteiger partial charge in [-0.15, -0.1) is 0 Å². The number of hydrogen-bond donors (Lipinski definition) is 1. The second-order valence-corrected chi connectivity index (χ2v) is 7.48. The minimum atomic E-state index is -0.618. The van der Waals surface area contributed by atoms with Crippen LogP contribution >= 0.6 is 15.9 Å². The largest absolute Gasteiger partial charge is 0.496 e. The molecular formula is C24H17BrF2N2O2. The van der Waals surface area contributed by atoms with E-state index in [-0.39, 0.29) is 11.4 Å². The van der Waals surface area contributed by atoms with Gasteiger partial charge in [0.2, 0.25) is 0 Å². The molecule has 0 aliphatic heterocycles. The topological polar surface area (TPSA) is 62.1 Å². The zero-order valence-electron chi connectivity index (χ0n) is 16.5. The van der Waals surface area contributed by atoms with Gasteiger partial charge < -0.3 is 10.1 Å².